The average Bonchev–Trinajstić information content (AvgIpc) is 2.38. The van der Waals surface area contributed by atoms with E-state index >= 15 is 0 Å². The van der Waals surface area contributed by atoms with Crippen molar-refractivity contribution in [1.82, 2.24) is 4.31 Å². The third-order valence-corrected chi connectivity index (χ3v) is 7.12. The third-order valence-electron chi connectivity index (χ3n) is 3.47. The lowest BCUT2D eigenvalue weighted by Gasteiger charge is -2.24. The van der Waals surface area contributed by atoms with E-state index in [1.54, 1.807) is 12.1 Å². The Kier molecular flexibility index (Phi) is 4.60. The second-order valence-electron chi connectivity index (χ2n) is 5.41. The summed E-state index contributed by atoms with van der Waals surface area (Å²) in [4.78, 5) is 0.217. The Morgan fingerprint density at radius 2 is 1.81 bits per heavy atom. The van der Waals surface area contributed by atoms with Crippen molar-refractivity contribution in [3.8, 4) is 0 Å². The van der Waals surface area contributed by atoms with Crippen LogP contribution in [0.15, 0.2) is 29.2 Å². The van der Waals surface area contributed by atoms with Crippen LogP contribution in [0.5, 0.6) is 0 Å². The van der Waals surface area contributed by atoms with E-state index in [2.05, 4.69) is 5.32 Å². The second-order valence-corrected chi connectivity index (χ2v) is 9.79. The Bertz CT molecular complexity index is 694. The summed E-state index contributed by atoms with van der Waals surface area (Å²) in [6, 6.07) is 6.26. The average molecular weight is 332 g/mol. The summed E-state index contributed by atoms with van der Waals surface area (Å²) < 4.78 is 48.2. The molecule has 1 heterocycles. The largest absolute Gasteiger partial charge is 0.381 e. The zero-order valence-corrected chi connectivity index (χ0v) is 13.7. The van der Waals surface area contributed by atoms with Crippen molar-refractivity contribution in [2.24, 2.45) is 0 Å². The maximum Gasteiger partial charge on any atom is 0.242 e. The lowest BCUT2D eigenvalue weighted by atomic mass is 10.2. The van der Waals surface area contributed by atoms with Gasteiger partial charge in [0, 0.05) is 25.8 Å². The van der Waals surface area contributed by atoms with Crippen LogP contribution in [-0.2, 0) is 19.9 Å². The molecule has 118 valence electrons. The Morgan fingerprint density at radius 1 is 1.19 bits per heavy atom. The zero-order valence-electron chi connectivity index (χ0n) is 12.1. The minimum absolute atomic E-state index is 0.111. The molecule has 6 nitrogen and oxygen atoms in total. The van der Waals surface area contributed by atoms with Crippen LogP contribution in [0.25, 0.3) is 0 Å². The van der Waals surface area contributed by atoms with Crippen LogP contribution in [0.1, 0.15) is 12.8 Å². The molecule has 1 aliphatic heterocycles. The molecular weight excluding hydrogens is 312 g/mol. The van der Waals surface area contributed by atoms with Gasteiger partial charge < -0.3 is 5.32 Å². The quantitative estimate of drug-likeness (QED) is 0.887. The molecular formula is C13H20N2O4S2. The molecule has 8 heteroatoms. The van der Waals surface area contributed by atoms with Crippen molar-refractivity contribution in [1.29, 1.82) is 0 Å². The van der Waals surface area contributed by atoms with Crippen molar-refractivity contribution in [3.63, 3.8) is 0 Å². The molecule has 0 amide bonds. The van der Waals surface area contributed by atoms with Gasteiger partial charge in [0.2, 0.25) is 10.0 Å². The molecule has 1 aromatic carbocycles. The number of anilines is 1. The van der Waals surface area contributed by atoms with Crippen molar-refractivity contribution in [3.05, 3.63) is 24.3 Å². The van der Waals surface area contributed by atoms with Gasteiger partial charge >= 0.3 is 0 Å². The number of hydrogen-bond donors (Lipinski definition) is 1. The molecule has 1 aromatic rings. The number of nitrogens with zero attached hydrogens (tertiary/aromatic N) is 1. The molecule has 0 aliphatic carbocycles. The SMILES string of the molecule is CN(C)S(=O)(=O)c1ccc(NC2CCCS(=O)(=O)C2)cc1. The summed E-state index contributed by atoms with van der Waals surface area (Å²) >= 11 is 0. The van der Waals surface area contributed by atoms with E-state index in [0.717, 1.165) is 16.4 Å². The van der Waals surface area contributed by atoms with Crippen LogP contribution in [0.2, 0.25) is 0 Å². The van der Waals surface area contributed by atoms with Gasteiger partial charge in [0.1, 0.15) is 0 Å². The predicted octanol–water partition coefficient (Wildman–Crippen LogP) is 0.926. The fraction of sp³-hybridized carbons (Fsp3) is 0.538. The van der Waals surface area contributed by atoms with Crippen LogP contribution in [-0.4, -0.2) is 52.8 Å². The first-order valence-electron chi connectivity index (χ1n) is 6.70. The fourth-order valence-corrected chi connectivity index (χ4v) is 4.84. The number of sulfonamides is 1. The lowest BCUT2D eigenvalue weighted by molar-refractivity contribution is 0.521. The Balaban J connectivity index is 2.10. The van der Waals surface area contributed by atoms with E-state index in [1.165, 1.54) is 26.2 Å². The fourth-order valence-electron chi connectivity index (χ4n) is 2.31. The van der Waals surface area contributed by atoms with Crippen LogP contribution in [0.3, 0.4) is 0 Å². The maximum absolute atomic E-state index is 11.9. The topological polar surface area (TPSA) is 83.6 Å². The third kappa shape index (κ3) is 3.96. The molecule has 0 radical (unpaired) electrons. The van der Waals surface area contributed by atoms with E-state index in [9.17, 15) is 16.8 Å². The first-order valence-corrected chi connectivity index (χ1v) is 9.96. The molecule has 1 aliphatic rings. The summed E-state index contributed by atoms with van der Waals surface area (Å²) in [5.41, 5.74) is 0.731. The molecule has 0 spiro atoms. The summed E-state index contributed by atoms with van der Waals surface area (Å²) in [6.45, 7) is 0. The molecule has 1 atom stereocenters. The molecule has 1 unspecified atom stereocenters. The molecule has 21 heavy (non-hydrogen) atoms. The molecule has 1 fully saturated rings. The summed E-state index contributed by atoms with van der Waals surface area (Å²) in [5, 5.41) is 3.16. The highest BCUT2D eigenvalue weighted by molar-refractivity contribution is 7.91. The van der Waals surface area contributed by atoms with Gasteiger partial charge in [0.05, 0.1) is 16.4 Å². The first-order chi connectivity index (χ1) is 9.71. The van der Waals surface area contributed by atoms with Crippen molar-refractivity contribution < 1.29 is 16.8 Å². The van der Waals surface area contributed by atoms with Crippen molar-refractivity contribution >= 4 is 25.5 Å². The van der Waals surface area contributed by atoms with Gasteiger partial charge in [0.25, 0.3) is 0 Å². The molecule has 1 saturated heterocycles. The molecule has 2 rings (SSSR count). The number of hydrogen-bond acceptors (Lipinski definition) is 5. The Morgan fingerprint density at radius 3 is 2.33 bits per heavy atom. The van der Waals surface area contributed by atoms with E-state index in [4.69, 9.17) is 0 Å². The molecule has 0 aromatic heterocycles. The van der Waals surface area contributed by atoms with Gasteiger partial charge in [-0.2, -0.15) is 0 Å². The van der Waals surface area contributed by atoms with Gasteiger partial charge in [-0.05, 0) is 37.1 Å². The predicted molar refractivity (Wildman–Crippen MR) is 82.6 cm³/mol. The first kappa shape index (κ1) is 16.3. The van der Waals surface area contributed by atoms with Crippen LogP contribution in [0, 0.1) is 0 Å². The van der Waals surface area contributed by atoms with Crippen LogP contribution < -0.4 is 5.32 Å². The number of nitrogens with one attached hydrogen (secondary N) is 1. The van der Waals surface area contributed by atoms with Crippen LogP contribution in [0.4, 0.5) is 5.69 Å². The number of rotatable bonds is 4. The minimum Gasteiger partial charge on any atom is -0.381 e. The van der Waals surface area contributed by atoms with E-state index < -0.39 is 19.9 Å². The monoisotopic (exact) mass is 332 g/mol. The Labute approximate surface area is 126 Å². The Hall–Kier alpha value is -1.12. The van der Waals surface area contributed by atoms with Gasteiger partial charge in [0.15, 0.2) is 9.84 Å². The summed E-state index contributed by atoms with van der Waals surface area (Å²) in [5.74, 6) is 0.385. The van der Waals surface area contributed by atoms with Gasteiger partial charge in [-0.1, -0.05) is 0 Å². The van der Waals surface area contributed by atoms with E-state index in [-0.39, 0.29) is 22.4 Å². The highest BCUT2D eigenvalue weighted by Crippen LogP contribution is 2.20. The minimum atomic E-state index is -3.44. The highest BCUT2D eigenvalue weighted by Gasteiger charge is 2.24. The maximum atomic E-state index is 11.9. The highest BCUT2D eigenvalue weighted by atomic mass is 32.2. The summed E-state index contributed by atoms with van der Waals surface area (Å²) in [6.07, 6.45) is 1.46. The van der Waals surface area contributed by atoms with Crippen molar-refractivity contribution in [2.75, 3.05) is 30.9 Å². The van der Waals surface area contributed by atoms with Gasteiger partial charge in [-0.25, -0.2) is 21.1 Å². The molecule has 1 N–H and O–H groups in total. The number of benzene rings is 1. The van der Waals surface area contributed by atoms with E-state index in [1.807, 2.05) is 0 Å². The standard InChI is InChI=1S/C13H20N2O4S2/c1-15(2)21(18,19)13-7-5-11(6-8-13)14-12-4-3-9-20(16,17)10-12/h5-8,12,14H,3-4,9-10H2,1-2H3. The zero-order chi connectivity index (χ0) is 15.7. The lowest BCUT2D eigenvalue weighted by Crippen LogP contribution is -2.34. The smallest absolute Gasteiger partial charge is 0.242 e. The van der Waals surface area contributed by atoms with Crippen molar-refractivity contribution in [2.45, 2.75) is 23.8 Å². The second kappa shape index (κ2) is 5.94. The van der Waals surface area contributed by atoms with Crippen LogP contribution >= 0.6 is 0 Å². The molecule has 0 saturated carbocycles. The van der Waals surface area contributed by atoms with E-state index in [0.29, 0.717) is 6.42 Å². The van der Waals surface area contributed by atoms with Gasteiger partial charge in [-0.3, -0.25) is 0 Å². The normalized spacial score (nSPS) is 22.1. The molecule has 0 bridgehead atoms. The number of sulfone groups is 1. The van der Waals surface area contributed by atoms with Gasteiger partial charge in [-0.15, -0.1) is 0 Å². The summed E-state index contributed by atoms with van der Waals surface area (Å²) in [7, 11) is -3.43.